The van der Waals surface area contributed by atoms with Gasteiger partial charge >= 0.3 is 0 Å². The van der Waals surface area contributed by atoms with Gasteiger partial charge in [0.25, 0.3) is 5.91 Å². The lowest BCUT2D eigenvalue weighted by Gasteiger charge is -2.24. The van der Waals surface area contributed by atoms with Crippen LogP contribution in [0.4, 0.5) is 0 Å². The van der Waals surface area contributed by atoms with Gasteiger partial charge in [-0.15, -0.1) is 11.8 Å². The van der Waals surface area contributed by atoms with Crippen LogP contribution in [0.15, 0.2) is 23.1 Å². The summed E-state index contributed by atoms with van der Waals surface area (Å²) in [4.78, 5) is 37.5. The topological polar surface area (TPSA) is 97.0 Å². The fourth-order valence-electron chi connectivity index (χ4n) is 3.16. The van der Waals surface area contributed by atoms with Gasteiger partial charge in [0, 0.05) is 41.8 Å². The number of imide groups is 1. The second-order valence-electron chi connectivity index (χ2n) is 6.97. The number of thioether (sulfide) groups is 1. The molecule has 0 radical (unpaired) electrons. The van der Waals surface area contributed by atoms with E-state index in [0.717, 1.165) is 28.3 Å². The fraction of sp³-hybridized carbons (Fsp3) is 0.571. The van der Waals surface area contributed by atoms with Crippen LogP contribution in [-0.4, -0.2) is 74.9 Å². The molecule has 2 N–H and O–H groups in total. The summed E-state index contributed by atoms with van der Waals surface area (Å²) in [6.45, 7) is 5.73. The molecule has 0 bridgehead atoms. The van der Waals surface area contributed by atoms with Crippen LogP contribution in [0.2, 0.25) is 0 Å². The highest BCUT2D eigenvalue weighted by molar-refractivity contribution is 7.99. The molecule has 0 spiro atoms. The standard InChI is InChI=1S/C21H31N3O5S/c1-16(6-7-20(26)23-15-25)24-14-18-17(21(24)27)4-3-5-19(18)30-13-12-29-11-10-28-9-8-22-2/h3-5,15-16,22H,6-14H2,1-2H3,(H,23,25,26). The lowest BCUT2D eigenvalue weighted by Crippen LogP contribution is -2.34. The number of nitrogens with one attached hydrogen (secondary N) is 2. The summed E-state index contributed by atoms with van der Waals surface area (Å²) in [7, 11) is 1.89. The highest BCUT2D eigenvalue weighted by Gasteiger charge is 2.32. The van der Waals surface area contributed by atoms with Gasteiger partial charge in [-0.25, -0.2) is 0 Å². The van der Waals surface area contributed by atoms with Crippen LogP contribution in [0.25, 0.3) is 0 Å². The summed E-state index contributed by atoms with van der Waals surface area (Å²) in [5, 5.41) is 5.15. The Morgan fingerprint density at radius 1 is 1.27 bits per heavy atom. The maximum absolute atomic E-state index is 12.8. The zero-order valence-electron chi connectivity index (χ0n) is 17.6. The van der Waals surface area contributed by atoms with Gasteiger partial charge in [-0.2, -0.15) is 0 Å². The minimum absolute atomic E-state index is 0.00860. The van der Waals surface area contributed by atoms with Crippen molar-refractivity contribution in [1.29, 1.82) is 0 Å². The number of nitrogens with zero attached hydrogens (tertiary/aromatic N) is 1. The van der Waals surface area contributed by atoms with Gasteiger partial charge in [0.15, 0.2) is 0 Å². The van der Waals surface area contributed by atoms with Gasteiger partial charge in [0.2, 0.25) is 12.3 Å². The average Bonchev–Trinajstić information content (AvgIpc) is 3.08. The number of carbonyl (C=O) groups excluding carboxylic acids is 3. The lowest BCUT2D eigenvalue weighted by molar-refractivity contribution is -0.125. The molecule has 2 rings (SSSR count). The lowest BCUT2D eigenvalue weighted by atomic mass is 10.1. The maximum Gasteiger partial charge on any atom is 0.254 e. The molecule has 9 heteroatoms. The Balaban J connectivity index is 1.79. The number of hydrogen-bond acceptors (Lipinski definition) is 7. The van der Waals surface area contributed by atoms with Crippen LogP contribution in [0.5, 0.6) is 0 Å². The molecule has 0 saturated carbocycles. The first-order chi connectivity index (χ1) is 14.6. The van der Waals surface area contributed by atoms with E-state index in [9.17, 15) is 14.4 Å². The molecule has 3 amide bonds. The van der Waals surface area contributed by atoms with E-state index in [1.54, 1.807) is 16.7 Å². The van der Waals surface area contributed by atoms with E-state index in [-0.39, 0.29) is 24.3 Å². The Kier molecular flexibility index (Phi) is 10.9. The van der Waals surface area contributed by atoms with Gasteiger partial charge in [0.05, 0.1) is 26.4 Å². The quantitative estimate of drug-likeness (QED) is 0.243. The third-order valence-electron chi connectivity index (χ3n) is 4.85. The predicted octanol–water partition coefficient (Wildman–Crippen LogP) is 1.43. The summed E-state index contributed by atoms with van der Waals surface area (Å²) >= 11 is 1.68. The molecule has 30 heavy (non-hydrogen) atoms. The van der Waals surface area contributed by atoms with Crippen molar-refractivity contribution in [1.82, 2.24) is 15.5 Å². The summed E-state index contributed by atoms with van der Waals surface area (Å²) in [6, 6.07) is 5.70. The molecule has 1 aromatic rings. The predicted molar refractivity (Wildman–Crippen MR) is 116 cm³/mol. The van der Waals surface area contributed by atoms with Crippen LogP contribution in [0.1, 0.15) is 35.7 Å². The van der Waals surface area contributed by atoms with E-state index in [0.29, 0.717) is 45.8 Å². The van der Waals surface area contributed by atoms with Gasteiger partial charge in [-0.05, 0) is 38.1 Å². The number of amides is 3. The zero-order chi connectivity index (χ0) is 21.8. The molecule has 166 valence electrons. The summed E-state index contributed by atoms with van der Waals surface area (Å²) in [5.74, 6) is 0.457. The van der Waals surface area contributed by atoms with Gasteiger partial charge < -0.3 is 19.7 Å². The van der Waals surface area contributed by atoms with E-state index < -0.39 is 0 Å². The van der Waals surface area contributed by atoms with Crippen LogP contribution >= 0.6 is 11.8 Å². The highest BCUT2D eigenvalue weighted by atomic mass is 32.2. The van der Waals surface area contributed by atoms with Crippen molar-refractivity contribution in [3.05, 3.63) is 29.3 Å². The van der Waals surface area contributed by atoms with Crippen molar-refractivity contribution in [2.45, 2.75) is 37.2 Å². The number of hydrogen-bond donors (Lipinski definition) is 2. The van der Waals surface area contributed by atoms with Crippen LogP contribution in [-0.2, 0) is 25.6 Å². The number of rotatable bonds is 15. The van der Waals surface area contributed by atoms with Crippen molar-refractivity contribution >= 4 is 30.0 Å². The van der Waals surface area contributed by atoms with Crippen molar-refractivity contribution < 1.29 is 23.9 Å². The van der Waals surface area contributed by atoms with Gasteiger partial charge in [-0.3, -0.25) is 19.7 Å². The summed E-state index contributed by atoms with van der Waals surface area (Å²) in [5.41, 5.74) is 1.76. The molecular weight excluding hydrogens is 406 g/mol. The molecule has 0 saturated heterocycles. The molecule has 0 aliphatic carbocycles. The van der Waals surface area contributed by atoms with Crippen LogP contribution < -0.4 is 10.6 Å². The van der Waals surface area contributed by atoms with Crippen molar-refractivity contribution in [2.75, 3.05) is 45.8 Å². The second-order valence-corrected chi connectivity index (χ2v) is 8.10. The Labute approximate surface area is 182 Å². The molecule has 1 atom stereocenters. The largest absolute Gasteiger partial charge is 0.378 e. The van der Waals surface area contributed by atoms with E-state index in [2.05, 4.69) is 10.6 Å². The van der Waals surface area contributed by atoms with Gasteiger partial charge in [0.1, 0.15) is 0 Å². The Hall–Kier alpha value is -1.94. The SMILES string of the molecule is CNCCOCCOCCSc1cccc2c1CN(C(C)CCC(=O)NC=O)C2=O. The molecule has 0 fully saturated rings. The monoisotopic (exact) mass is 437 g/mol. The molecule has 1 aliphatic heterocycles. The first kappa shape index (κ1) is 24.3. The van der Waals surface area contributed by atoms with Gasteiger partial charge in [-0.1, -0.05) is 6.07 Å². The minimum Gasteiger partial charge on any atom is -0.378 e. The number of likely N-dealkylation sites (N-methyl/N-ethyl adjacent to an activating group) is 1. The number of benzene rings is 1. The van der Waals surface area contributed by atoms with Crippen molar-refractivity contribution in [2.24, 2.45) is 0 Å². The van der Waals surface area contributed by atoms with Crippen LogP contribution in [0.3, 0.4) is 0 Å². The van der Waals surface area contributed by atoms with Crippen molar-refractivity contribution in [3.8, 4) is 0 Å². The number of ether oxygens (including phenoxy) is 2. The van der Waals surface area contributed by atoms with E-state index in [1.807, 2.05) is 32.2 Å². The highest BCUT2D eigenvalue weighted by Crippen LogP contribution is 2.33. The van der Waals surface area contributed by atoms with E-state index in [1.165, 1.54) is 0 Å². The molecule has 1 heterocycles. The Morgan fingerprint density at radius 2 is 2.03 bits per heavy atom. The number of carbonyl (C=O) groups is 3. The number of fused-ring (bicyclic) bond motifs is 1. The van der Waals surface area contributed by atoms with E-state index >= 15 is 0 Å². The molecule has 8 nitrogen and oxygen atoms in total. The normalized spacial score (nSPS) is 13.9. The third kappa shape index (κ3) is 7.39. The molecule has 1 aliphatic rings. The first-order valence-corrected chi connectivity index (χ1v) is 11.2. The Bertz CT molecular complexity index is 716. The molecule has 1 aromatic carbocycles. The van der Waals surface area contributed by atoms with E-state index in [4.69, 9.17) is 9.47 Å². The molecule has 1 unspecified atom stereocenters. The fourth-order valence-corrected chi connectivity index (χ4v) is 4.10. The van der Waals surface area contributed by atoms with Crippen molar-refractivity contribution in [3.63, 3.8) is 0 Å². The molecular formula is C21H31N3O5S. The third-order valence-corrected chi connectivity index (χ3v) is 5.91. The smallest absolute Gasteiger partial charge is 0.254 e. The maximum atomic E-state index is 12.8. The zero-order valence-corrected chi connectivity index (χ0v) is 18.5. The minimum atomic E-state index is -0.329. The van der Waals surface area contributed by atoms with Crippen LogP contribution in [0, 0.1) is 0 Å². The summed E-state index contributed by atoms with van der Waals surface area (Å²) < 4.78 is 11.0. The first-order valence-electron chi connectivity index (χ1n) is 10.2. The summed E-state index contributed by atoms with van der Waals surface area (Å²) in [6.07, 6.45) is 1.10. The second kappa shape index (κ2) is 13.4. The Morgan fingerprint density at radius 3 is 2.77 bits per heavy atom. The average molecular weight is 438 g/mol. The molecule has 0 aromatic heterocycles.